The van der Waals surface area contributed by atoms with Gasteiger partial charge in [0.15, 0.2) is 0 Å². The minimum Gasteiger partial charge on any atom is -0.357 e. The van der Waals surface area contributed by atoms with Crippen LogP contribution in [-0.2, 0) is 13.6 Å². The Kier molecular flexibility index (Phi) is 4.05. The average Bonchev–Trinajstić information content (AvgIpc) is 2.81. The number of hydrogen-bond acceptors (Lipinski definition) is 3. The molecule has 0 radical (unpaired) electrons. The second-order valence-electron chi connectivity index (χ2n) is 4.26. The van der Waals surface area contributed by atoms with Gasteiger partial charge >= 0.3 is 5.69 Å². The summed E-state index contributed by atoms with van der Waals surface area (Å²) in [6, 6.07) is 6.12. The number of hydrogen-bond donors (Lipinski definition) is 1. The van der Waals surface area contributed by atoms with Crippen molar-refractivity contribution >= 4 is 23.2 Å². The summed E-state index contributed by atoms with van der Waals surface area (Å²) in [7, 11) is 1.87. The molecule has 0 aliphatic rings. The van der Waals surface area contributed by atoms with Crippen molar-refractivity contribution in [3.05, 3.63) is 62.9 Å². The second-order valence-corrected chi connectivity index (χ2v) is 4.67. The molecule has 1 aromatic heterocycles. The number of aromatic nitrogens is 1. The first-order valence-corrected chi connectivity index (χ1v) is 6.19. The van der Waals surface area contributed by atoms with Crippen LogP contribution in [-0.4, -0.2) is 15.4 Å². The molecule has 0 saturated heterocycles. The first kappa shape index (κ1) is 14.1. The van der Waals surface area contributed by atoms with Gasteiger partial charge in [-0.3, -0.25) is 14.9 Å². The van der Waals surface area contributed by atoms with Gasteiger partial charge in [-0.2, -0.15) is 0 Å². The highest BCUT2D eigenvalue weighted by atomic mass is 35.5. The molecule has 1 N–H and O–H groups in total. The Bertz CT molecular complexity index is 667. The van der Waals surface area contributed by atoms with E-state index in [1.54, 1.807) is 0 Å². The number of aryl methyl sites for hydroxylation is 1. The van der Waals surface area contributed by atoms with E-state index in [9.17, 15) is 14.9 Å². The van der Waals surface area contributed by atoms with Crippen LogP contribution in [0.25, 0.3) is 0 Å². The molecule has 0 bridgehead atoms. The Morgan fingerprint density at radius 2 is 2.20 bits per heavy atom. The summed E-state index contributed by atoms with van der Waals surface area (Å²) >= 11 is 5.76. The summed E-state index contributed by atoms with van der Waals surface area (Å²) in [5.74, 6) is -0.525. The van der Waals surface area contributed by atoms with E-state index in [-0.39, 0.29) is 16.3 Å². The lowest BCUT2D eigenvalue weighted by Gasteiger charge is -2.05. The Morgan fingerprint density at radius 3 is 2.80 bits per heavy atom. The van der Waals surface area contributed by atoms with Crippen molar-refractivity contribution in [2.75, 3.05) is 0 Å². The van der Waals surface area contributed by atoms with Gasteiger partial charge in [0.2, 0.25) is 0 Å². The number of nitrogens with one attached hydrogen (secondary N) is 1. The van der Waals surface area contributed by atoms with Crippen LogP contribution in [0.5, 0.6) is 0 Å². The van der Waals surface area contributed by atoms with Crippen molar-refractivity contribution in [1.29, 1.82) is 0 Å². The quantitative estimate of drug-likeness (QED) is 0.695. The van der Waals surface area contributed by atoms with Crippen molar-refractivity contribution in [2.45, 2.75) is 6.54 Å². The Labute approximate surface area is 120 Å². The fourth-order valence-electron chi connectivity index (χ4n) is 1.83. The summed E-state index contributed by atoms with van der Waals surface area (Å²) < 4.78 is 1.85. The Balaban J connectivity index is 2.17. The Morgan fingerprint density at radius 1 is 1.45 bits per heavy atom. The zero-order valence-corrected chi connectivity index (χ0v) is 11.4. The monoisotopic (exact) mass is 293 g/mol. The maximum absolute atomic E-state index is 12.0. The molecule has 0 fully saturated rings. The fourth-order valence-corrected chi connectivity index (χ4v) is 2.07. The van der Waals surface area contributed by atoms with Gasteiger partial charge in [-0.15, -0.1) is 0 Å². The zero-order valence-electron chi connectivity index (χ0n) is 10.7. The third-order valence-corrected chi connectivity index (χ3v) is 3.07. The van der Waals surface area contributed by atoms with Gasteiger partial charge in [-0.1, -0.05) is 17.7 Å². The molecule has 0 saturated carbocycles. The molecule has 0 atom stereocenters. The van der Waals surface area contributed by atoms with E-state index < -0.39 is 10.8 Å². The summed E-state index contributed by atoms with van der Waals surface area (Å²) in [5.41, 5.74) is 0.490. The summed E-state index contributed by atoms with van der Waals surface area (Å²) in [4.78, 5) is 22.3. The fraction of sp³-hybridized carbons (Fsp3) is 0.154. The second kappa shape index (κ2) is 5.75. The highest BCUT2D eigenvalue weighted by Gasteiger charge is 2.23. The summed E-state index contributed by atoms with van der Waals surface area (Å²) in [5, 5.41) is 13.5. The van der Waals surface area contributed by atoms with E-state index >= 15 is 0 Å². The molecule has 1 amide bonds. The molecule has 20 heavy (non-hydrogen) atoms. The number of halogens is 1. The zero-order chi connectivity index (χ0) is 14.7. The number of benzene rings is 1. The molecule has 7 heteroatoms. The van der Waals surface area contributed by atoms with Crippen LogP contribution < -0.4 is 5.32 Å². The maximum atomic E-state index is 12.0. The van der Waals surface area contributed by atoms with Crippen LogP contribution in [0.3, 0.4) is 0 Å². The minimum absolute atomic E-state index is 0.0431. The SMILES string of the molecule is Cn1ccc(CNC(=O)c2cccc(Cl)c2[N+](=O)[O-])c1. The molecule has 0 spiro atoms. The average molecular weight is 294 g/mol. The van der Waals surface area contributed by atoms with E-state index in [0.29, 0.717) is 6.54 Å². The molecule has 2 aromatic rings. The molecular weight excluding hydrogens is 282 g/mol. The van der Waals surface area contributed by atoms with Crippen molar-refractivity contribution in [2.24, 2.45) is 7.05 Å². The lowest BCUT2D eigenvalue weighted by atomic mass is 10.1. The van der Waals surface area contributed by atoms with Gasteiger partial charge in [0.05, 0.1) is 4.92 Å². The lowest BCUT2D eigenvalue weighted by molar-refractivity contribution is -0.385. The molecule has 6 nitrogen and oxygen atoms in total. The number of rotatable bonds is 4. The topological polar surface area (TPSA) is 77.2 Å². The molecule has 1 aromatic carbocycles. The van der Waals surface area contributed by atoms with Gasteiger partial charge in [0.25, 0.3) is 5.91 Å². The van der Waals surface area contributed by atoms with E-state index in [4.69, 9.17) is 11.6 Å². The molecular formula is C13H12ClN3O3. The van der Waals surface area contributed by atoms with Gasteiger partial charge in [-0.25, -0.2) is 0 Å². The van der Waals surface area contributed by atoms with Crippen molar-refractivity contribution in [3.63, 3.8) is 0 Å². The molecule has 0 aliphatic carbocycles. The largest absolute Gasteiger partial charge is 0.357 e. The molecule has 1 heterocycles. The third kappa shape index (κ3) is 2.97. The smallest absolute Gasteiger partial charge is 0.300 e. The van der Waals surface area contributed by atoms with Crippen molar-refractivity contribution in [1.82, 2.24) is 9.88 Å². The first-order valence-electron chi connectivity index (χ1n) is 5.81. The normalized spacial score (nSPS) is 10.3. The number of amides is 1. The standard InChI is InChI=1S/C13H12ClN3O3/c1-16-6-5-9(8-16)7-15-13(18)10-3-2-4-11(14)12(10)17(19)20/h2-6,8H,7H2,1H3,(H,15,18). The van der Waals surface area contributed by atoms with E-state index in [1.165, 1.54) is 18.2 Å². The van der Waals surface area contributed by atoms with Crippen molar-refractivity contribution < 1.29 is 9.72 Å². The maximum Gasteiger partial charge on any atom is 0.300 e. The van der Waals surface area contributed by atoms with Crippen LogP contribution in [0.2, 0.25) is 5.02 Å². The highest BCUT2D eigenvalue weighted by molar-refractivity contribution is 6.33. The predicted molar refractivity (Wildman–Crippen MR) is 74.7 cm³/mol. The van der Waals surface area contributed by atoms with Crippen LogP contribution in [0, 0.1) is 10.1 Å². The van der Waals surface area contributed by atoms with Gasteiger partial charge in [0.1, 0.15) is 10.6 Å². The number of para-hydroxylation sites is 1. The summed E-state index contributed by atoms with van der Waals surface area (Å²) in [6.45, 7) is 0.295. The van der Waals surface area contributed by atoms with Crippen molar-refractivity contribution in [3.8, 4) is 0 Å². The van der Waals surface area contributed by atoms with Crippen LogP contribution in [0.15, 0.2) is 36.7 Å². The number of nitro benzene ring substituents is 1. The number of carbonyl (C=O) groups excluding carboxylic acids is 1. The molecule has 0 aliphatic heterocycles. The van der Waals surface area contributed by atoms with Crippen LogP contribution in [0.4, 0.5) is 5.69 Å². The van der Waals surface area contributed by atoms with Gasteiger partial charge in [0, 0.05) is 26.0 Å². The number of nitrogens with zero attached hydrogens (tertiary/aromatic N) is 2. The van der Waals surface area contributed by atoms with Gasteiger partial charge < -0.3 is 9.88 Å². The lowest BCUT2D eigenvalue weighted by Crippen LogP contribution is -2.23. The van der Waals surface area contributed by atoms with E-state index in [2.05, 4.69) is 5.32 Å². The number of nitro groups is 1. The third-order valence-electron chi connectivity index (χ3n) is 2.76. The van der Waals surface area contributed by atoms with Crippen LogP contribution in [0.1, 0.15) is 15.9 Å². The highest BCUT2D eigenvalue weighted by Crippen LogP contribution is 2.28. The predicted octanol–water partition coefficient (Wildman–Crippen LogP) is 2.52. The van der Waals surface area contributed by atoms with E-state index in [1.807, 2.05) is 30.1 Å². The molecule has 104 valence electrons. The molecule has 0 unspecified atom stereocenters. The first-order chi connectivity index (χ1) is 9.49. The van der Waals surface area contributed by atoms with Gasteiger partial charge in [-0.05, 0) is 23.8 Å². The minimum atomic E-state index is -0.653. The number of carbonyl (C=O) groups is 1. The Hall–Kier alpha value is -2.34. The van der Waals surface area contributed by atoms with E-state index in [0.717, 1.165) is 5.56 Å². The van der Waals surface area contributed by atoms with Crippen LogP contribution >= 0.6 is 11.6 Å². The molecule has 2 rings (SSSR count). The summed E-state index contributed by atoms with van der Waals surface area (Å²) in [6.07, 6.45) is 3.70.